The zero-order valence-corrected chi connectivity index (χ0v) is 13.1. The Balaban J connectivity index is 1.82. The maximum absolute atomic E-state index is 13.0. The SMILES string of the molecule is CC1c2ccccc2CCN1C(=O)Nc1ccccc1C(F)(F)F. The summed E-state index contributed by atoms with van der Waals surface area (Å²) in [6.07, 6.45) is -3.82. The highest BCUT2D eigenvalue weighted by molar-refractivity contribution is 5.90. The van der Waals surface area contributed by atoms with E-state index >= 15 is 0 Å². The lowest BCUT2D eigenvalue weighted by Gasteiger charge is -2.35. The first-order chi connectivity index (χ1) is 11.4. The second kappa shape index (κ2) is 6.19. The summed E-state index contributed by atoms with van der Waals surface area (Å²) >= 11 is 0. The number of carbonyl (C=O) groups excluding carboxylic acids is 1. The van der Waals surface area contributed by atoms with Crippen LogP contribution in [0.25, 0.3) is 0 Å². The van der Waals surface area contributed by atoms with Crippen molar-refractivity contribution in [2.75, 3.05) is 11.9 Å². The van der Waals surface area contributed by atoms with Crippen LogP contribution < -0.4 is 5.32 Å². The first kappa shape index (κ1) is 16.4. The predicted molar refractivity (Wildman–Crippen MR) is 85.7 cm³/mol. The van der Waals surface area contributed by atoms with Gasteiger partial charge >= 0.3 is 12.2 Å². The number of urea groups is 1. The summed E-state index contributed by atoms with van der Waals surface area (Å²) in [5.74, 6) is 0. The van der Waals surface area contributed by atoms with Crippen LogP contribution in [-0.4, -0.2) is 17.5 Å². The Morgan fingerprint density at radius 3 is 2.54 bits per heavy atom. The summed E-state index contributed by atoms with van der Waals surface area (Å²) in [5.41, 5.74) is 1.14. The minimum Gasteiger partial charge on any atom is -0.317 e. The Labute approximate surface area is 138 Å². The largest absolute Gasteiger partial charge is 0.418 e. The number of para-hydroxylation sites is 1. The molecule has 1 unspecified atom stereocenters. The number of rotatable bonds is 1. The van der Waals surface area contributed by atoms with Crippen LogP contribution >= 0.6 is 0 Å². The van der Waals surface area contributed by atoms with E-state index in [0.717, 1.165) is 11.6 Å². The second-order valence-corrected chi connectivity index (χ2v) is 5.79. The molecule has 6 heteroatoms. The number of fused-ring (bicyclic) bond motifs is 1. The van der Waals surface area contributed by atoms with E-state index in [1.807, 2.05) is 31.2 Å². The number of amides is 2. The van der Waals surface area contributed by atoms with E-state index in [1.54, 1.807) is 4.90 Å². The van der Waals surface area contributed by atoms with Gasteiger partial charge in [-0.05, 0) is 36.6 Å². The molecule has 1 N–H and O–H groups in total. The molecule has 1 aliphatic heterocycles. The lowest BCUT2D eigenvalue weighted by atomic mass is 9.94. The van der Waals surface area contributed by atoms with E-state index in [-0.39, 0.29) is 11.7 Å². The van der Waals surface area contributed by atoms with Crippen molar-refractivity contribution in [1.82, 2.24) is 4.90 Å². The maximum Gasteiger partial charge on any atom is 0.418 e. The van der Waals surface area contributed by atoms with Gasteiger partial charge in [-0.2, -0.15) is 13.2 Å². The van der Waals surface area contributed by atoms with Crippen LogP contribution in [0.5, 0.6) is 0 Å². The van der Waals surface area contributed by atoms with E-state index < -0.39 is 17.8 Å². The summed E-state index contributed by atoms with van der Waals surface area (Å²) in [5, 5.41) is 2.42. The third-order valence-electron chi connectivity index (χ3n) is 4.33. The molecule has 2 aromatic carbocycles. The fraction of sp³-hybridized carbons (Fsp3) is 0.278. The van der Waals surface area contributed by atoms with Crippen molar-refractivity contribution >= 4 is 11.7 Å². The molecule has 0 bridgehead atoms. The molecule has 0 radical (unpaired) electrons. The lowest BCUT2D eigenvalue weighted by molar-refractivity contribution is -0.136. The second-order valence-electron chi connectivity index (χ2n) is 5.79. The van der Waals surface area contributed by atoms with Gasteiger partial charge in [-0.3, -0.25) is 0 Å². The highest BCUT2D eigenvalue weighted by atomic mass is 19.4. The van der Waals surface area contributed by atoms with Gasteiger partial charge in [0.1, 0.15) is 0 Å². The predicted octanol–water partition coefficient (Wildman–Crippen LogP) is 4.86. The minimum atomic E-state index is -4.51. The highest BCUT2D eigenvalue weighted by Gasteiger charge is 2.34. The fourth-order valence-corrected chi connectivity index (χ4v) is 3.08. The fourth-order valence-electron chi connectivity index (χ4n) is 3.08. The first-order valence-corrected chi connectivity index (χ1v) is 7.69. The van der Waals surface area contributed by atoms with Crippen molar-refractivity contribution in [3.05, 3.63) is 65.2 Å². The Hall–Kier alpha value is -2.50. The van der Waals surface area contributed by atoms with E-state index in [2.05, 4.69) is 5.32 Å². The molecule has 0 saturated heterocycles. The van der Waals surface area contributed by atoms with Gasteiger partial charge in [0, 0.05) is 6.54 Å². The van der Waals surface area contributed by atoms with Crippen molar-refractivity contribution in [2.24, 2.45) is 0 Å². The molecule has 0 fully saturated rings. The van der Waals surface area contributed by atoms with Gasteiger partial charge in [0.25, 0.3) is 0 Å². The normalized spacial score (nSPS) is 17.3. The molecule has 0 aliphatic carbocycles. The van der Waals surface area contributed by atoms with Crippen molar-refractivity contribution in [2.45, 2.75) is 25.6 Å². The summed E-state index contributed by atoms with van der Waals surface area (Å²) in [7, 11) is 0. The third kappa shape index (κ3) is 3.09. The van der Waals surface area contributed by atoms with Gasteiger partial charge < -0.3 is 10.2 Å². The number of carbonyl (C=O) groups is 1. The van der Waals surface area contributed by atoms with Gasteiger partial charge in [0.15, 0.2) is 0 Å². The first-order valence-electron chi connectivity index (χ1n) is 7.69. The molecular weight excluding hydrogens is 317 g/mol. The zero-order valence-electron chi connectivity index (χ0n) is 13.1. The average molecular weight is 334 g/mol. The summed E-state index contributed by atoms with van der Waals surface area (Å²) in [4.78, 5) is 14.1. The van der Waals surface area contributed by atoms with Gasteiger partial charge in [-0.1, -0.05) is 36.4 Å². The molecular formula is C18H17F3N2O. The van der Waals surface area contributed by atoms with Crippen molar-refractivity contribution in [1.29, 1.82) is 0 Å². The lowest BCUT2D eigenvalue weighted by Crippen LogP contribution is -2.41. The topological polar surface area (TPSA) is 32.3 Å². The van der Waals surface area contributed by atoms with E-state index in [1.165, 1.54) is 23.8 Å². The maximum atomic E-state index is 13.0. The number of halogens is 3. The summed E-state index contributed by atoms with van der Waals surface area (Å²) in [6, 6.07) is 12.1. The van der Waals surface area contributed by atoms with Gasteiger partial charge in [-0.25, -0.2) is 4.79 Å². The van der Waals surface area contributed by atoms with Crippen molar-refractivity contribution < 1.29 is 18.0 Å². The van der Waals surface area contributed by atoms with Crippen LogP contribution in [-0.2, 0) is 12.6 Å². The molecule has 0 aromatic heterocycles. The molecule has 1 aliphatic rings. The number of hydrogen-bond acceptors (Lipinski definition) is 1. The minimum absolute atomic E-state index is 0.187. The Kier molecular flexibility index (Phi) is 4.22. The number of nitrogens with one attached hydrogen (secondary N) is 1. The molecule has 0 spiro atoms. The van der Waals surface area contributed by atoms with Crippen LogP contribution in [0.1, 0.15) is 29.7 Å². The molecule has 2 aromatic rings. The van der Waals surface area contributed by atoms with Crippen LogP contribution in [0, 0.1) is 0 Å². The highest BCUT2D eigenvalue weighted by Crippen LogP contribution is 2.35. The van der Waals surface area contributed by atoms with Crippen LogP contribution in [0.15, 0.2) is 48.5 Å². The van der Waals surface area contributed by atoms with Crippen LogP contribution in [0.2, 0.25) is 0 Å². The number of anilines is 1. The van der Waals surface area contributed by atoms with Gasteiger partial charge in [0.2, 0.25) is 0 Å². The van der Waals surface area contributed by atoms with Crippen LogP contribution in [0.3, 0.4) is 0 Å². The third-order valence-corrected chi connectivity index (χ3v) is 4.33. The number of nitrogens with zero attached hydrogens (tertiary/aromatic N) is 1. The standard InChI is InChI=1S/C18H17F3N2O/c1-12-14-7-3-2-6-13(14)10-11-23(12)17(24)22-16-9-5-4-8-15(16)18(19,20)21/h2-9,12H,10-11H2,1H3,(H,22,24). The summed E-state index contributed by atoms with van der Waals surface area (Å²) < 4.78 is 39.1. The summed E-state index contributed by atoms with van der Waals surface area (Å²) in [6.45, 7) is 2.35. The molecule has 1 heterocycles. The van der Waals surface area contributed by atoms with Crippen molar-refractivity contribution in [3.8, 4) is 0 Å². The van der Waals surface area contributed by atoms with E-state index in [0.29, 0.717) is 13.0 Å². The molecule has 0 saturated carbocycles. The zero-order chi connectivity index (χ0) is 17.3. The smallest absolute Gasteiger partial charge is 0.317 e. The Morgan fingerprint density at radius 1 is 1.12 bits per heavy atom. The van der Waals surface area contributed by atoms with E-state index in [4.69, 9.17) is 0 Å². The Morgan fingerprint density at radius 2 is 1.79 bits per heavy atom. The quantitative estimate of drug-likeness (QED) is 0.794. The molecule has 126 valence electrons. The average Bonchev–Trinajstić information content (AvgIpc) is 2.55. The molecule has 3 rings (SSSR count). The molecule has 2 amide bonds. The van der Waals surface area contributed by atoms with Crippen LogP contribution in [0.4, 0.5) is 23.7 Å². The number of alkyl halides is 3. The monoisotopic (exact) mass is 334 g/mol. The van der Waals surface area contributed by atoms with E-state index in [9.17, 15) is 18.0 Å². The van der Waals surface area contributed by atoms with Crippen molar-refractivity contribution in [3.63, 3.8) is 0 Å². The molecule has 1 atom stereocenters. The molecule has 24 heavy (non-hydrogen) atoms. The number of benzene rings is 2. The van der Waals surface area contributed by atoms with Gasteiger partial charge in [0.05, 0.1) is 17.3 Å². The molecule has 3 nitrogen and oxygen atoms in total. The Bertz CT molecular complexity index is 758. The number of hydrogen-bond donors (Lipinski definition) is 1. The van der Waals surface area contributed by atoms with Gasteiger partial charge in [-0.15, -0.1) is 0 Å².